The zero-order valence-corrected chi connectivity index (χ0v) is 12.1. The number of hydrogen-bond donors (Lipinski definition) is 2. The lowest BCUT2D eigenvalue weighted by Crippen LogP contribution is -2.29. The topological polar surface area (TPSA) is 54.3 Å². The van der Waals surface area contributed by atoms with Crippen LogP contribution in [-0.4, -0.2) is 22.1 Å². The van der Waals surface area contributed by atoms with Gasteiger partial charge in [0.05, 0.1) is 0 Å². The summed E-state index contributed by atoms with van der Waals surface area (Å²) in [7, 11) is 1.87. The van der Waals surface area contributed by atoms with Crippen LogP contribution in [-0.2, 0) is 7.05 Å². The molecule has 1 unspecified atom stereocenters. The molecule has 2 rings (SSSR count). The number of nitrogens with one attached hydrogen (secondary N) is 1. The molecule has 4 heteroatoms. The Morgan fingerprint density at radius 3 is 2.50 bits per heavy atom. The van der Waals surface area contributed by atoms with Crippen LogP contribution < -0.4 is 5.32 Å². The molecule has 1 amide bonds. The van der Waals surface area contributed by atoms with E-state index in [9.17, 15) is 9.90 Å². The fourth-order valence-electron chi connectivity index (χ4n) is 2.32. The van der Waals surface area contributed by atoms with E-state index < -0.39 is 6.10 Å². The van der Waals surface area contributed by atoms with Crippen LogP contribution in [0.4, 0.5) is 0 Å². The van der Waals surface area contributed by atoms with Crippen molar-refractivity contribution in [1.82, 2.24) is 9.88 Å². The molecule has 2 aromatic rings. The minimum atomic E-state index is -0.704. The molecule has 0 aliphatic carbocycles. The van der Waals surface area contributed by atoms with E-state index in [0.29, 0.717) is 5.56 Å². The molecule has 0 fully saturated rings. The number of hydrogen-bond acceptors (Lipinski definition) is 2. The molecule has 0 spiro atoms. The van der Waals surface area contributed by atoms with E-state index in [0.717, 1.165) is 16.8 Å². The van der Waals surface area contributed by atoms with E-state index in [2.05, 4.69) is 5.32 Å². The summed E-state index contributed by atoms with van der Waals surface area (Å²) in [5, 5.41) is 12.8. The average Bonchev–Trinajstić information content (AvgIpc) is 2.80. The van der Waals surface area contributed by atoms with Crippen molar-refractivity contribution in [2.45, 2.75) is 20.0 Å². The molecule has 106 valence electrons. The van der Waals surface area contributed by atoms with Gasteiger partial charge in [-0.05, 0) is 38.1 Å². The van der Waals surface area contributed by atoms with Crippen LogP contribution >= 0.6 is 0 Å². The molecule has 0 aliphatic rings. The van der Waals surface area contributed by atoms with Crippen LogP contribution in [0.25, 0.3) is 0 Å². The largest absolute Gasteiger partial charge is 0.385 e. The van der Waals surface area contributed by atoms with Gasteiger partial charge in [0.2, 0.25) is 0 Å². The van der Waals surface area contributed by atoms with Crippen molar-refractivity contribution in [1.29, 1.82) is 0 Å². The predicted octanol–water partition coefficient (Wildman–Crippen LogP) is 2.11. The van der Waals surface area contributed by atoms with E-state index in [1.165, 1.54) is 0 Å². The maximum absolute atomic E-state index is 12.1. The Labute approximate surface area is 119 Å². The van der Waals surface area contributed by atoms with Crippen molar-refractivity contribution in [2.24, 2.45) is 7.05 Å². The highest BCUT2D eigenvalue weighted by Crippen LogP contribution is 2.12. The van der Waals surface area contributed by atoms with Crippen molar-refractivity contribution < 1.29 is 9.90 Å². The highest BCUT2D eigenvalue weighted by molar-refractivity contribution is 5.94. The number of nitrogens with zero attached hydrogens (tertiary/aromatic N) is 1. The number of carbonyl (C=O) groups is 1. The summed E-state index contributed by atoms with van der Waals surface area (Å²) in [5.74, 6) is -0.162. The Morgan fingerprint density at radius 1 is 1.30 bits per heavy atom. The zero-order valence-electron chi connectivity index (χ0n) is 12.1. The SMILES string of the molecule is Cc1cc(C)cc(C(=O)NCC(O)c2cccn2C)c1. The number of aromatic nitrogens is 1. The highest BCUT2D eigenvalue weighted by Gasteiger charge is 2.13. The maximum atomic E-state index is 12.1. The van der Waals surface area contributed by atoms with Gasteiger partial charge in [0.25, 0.3) is 5.91 Å². The van der Waals surface area contributed by atoms with Crippen molar-refractivity contribution in [3.8, 4) is 0 Å². The molecule has 0 saturated heterocycles. The van der Waals surface area contributed by atoms with Crippen molar-refractivity contribution >= 4 is 5.91 Å². The molecule has 0 radical (unpaired) electrons. The molecule has 1 aromatic carbocycles. The van der Waals surface area contributed by atoms with Crippen molar-refractivity contribution in [3.63, 3.8) is 0 Å². The molecular weight excluding hydrogens is 252 g/mol. The standard InChI is InChI=1S/C16H20N2O2/c1-11-7-12(2)9-13(8-11)16(20)17-10-15(19)14-5-4-6-18(14)3/h4-9,15,19H,10H2,1-3H3,(H,17,20). The number of aliphatic hydroxyl groups excluding tert-OH is 1. The van der Waals surface area contributed by atoms with Gasteiger partial charge in [0, 0.05) is 31.0 Å². The fraction of sp³-hybridized carbons (Fsp3) is 0.312. The lowest BCUT2D eigenvalue weighted by Gasteiger charge is -2.13. The normalized spacial score (nSPS) is 12.2. The molecule has 0 saturated carbocycles. The first-order valence-electron chi connectivity index (χ1n) is 6.63. The first-order chi connectivity index (χ1) is 9.47. The molecule has 20 heavy (non-hydrogen) atoms. The Morgan fingerprint density at radius 2 is 1.95 bits per heavy atom. The predicted molar refractivity (Wildman–Crippen MR) is 78.6 cm³/mol. The Hall–Kier alpha value is -2.07. The fourth-order valence-corrected chi connectivity index (χ4v) is 2.32. The van der Waals surface area contributed by atoms with Crippen molar-refractivity contribution in [2.75, 3.05) is 6.54 Å². The summed E-state index contributed by atoms with van der Waals surface area (Å²) in [5.41, 5.74) is 3.52. The number of amides is 1. The van der Waals surface area contributed by atoms with Gasteiger partial charge in [-0.1, -0.05) is 17.2 Å². The summed E-state index contributed by atoms with van der Waals surface area (Å²) >= 11 is 0. The third-order valence-electron chi connectivity index (χ3n) is 3.27. The van der Waals surface area contributed by atoms with Crippen LogP contribution in [0.3, 0.4) is 0 Å². The second kappa shape index (κ2) is 5.92. The number of aryl methyl sites for hydroxylation is 3. The first-order valence-corrected chi connectivity index (χ1v) is 6.63. The van der Waals surface area contributed by atoms with Crippen LogP contribution in [0.2, 0.25) is 0 Å². The third-order valence-corrected chi connectivity index (χ3v) is 3.27. The first kappa shape index (κ1) is 14.3. The van der Waals surface area contributed by atoms with E-state index in [4.69, 9.17) is 0 Å². The molecule has 0 aliphatic heterocycles. The highest BCUT2D eigenvalue weighted by atomic mass is 16.3. The lowest BCUT2D eigenvalue weighted by molar-refractivity contribution is 0.0912. The van der Waals surface area contributed by atoms with Crippen LogP contribution in [0.1, 0.15) is 33.3 Å². The Balaban J connectivity index is 2.00. The Bertz CT molecular complexity index is 596. The van der Waals surface area contributed by atoms with Crippen LogP contribution in [0.5, 0.6) is 0 Å². The van der Waals surface area contributed by atoms with Crippen LogP contribution in [0.15, 0.2) is 36.5 Å². The quantitative estimate of drug-likeness (QED) is 0.895. The van der Waals surface area contributed by atoms with E-state index >= 15 is 0 Å². The van der Waals surface area contributed by atoms with Gasteiger partial charge in [-0.3, -0.25) is 4.79 Å². The van der Waals surface area contributed by atoms with E-state index in [-0.39, 0.29) is 12.5 Å². The minimum Gasteiger partial charge on any atom is -0.385 e. The molecule has 2 N–H and O–H groups in total. The summed E-state index contributed by atoms with van der Waals surface area (Å²) in [4.78, 5) is 12.1. The molecule has 1 atom stereocenters. The number of aliphatic hydroxyl groups is 1. The second-order valence-electron chi connectivity index (χ2n) is 5.15. The van der Waals surface area contributed by atoms with Gasteiger partial charge < -0.3 is 15.0 Å². The third kappa shape index (κ3) is 3.27. The van der Waals surface area contributed by atoms with Gasteiger partial charge >= 0.3 is 0 Å². The van der Waals surface area contributed by atoms with Crippen LogP contribution in [0, 0.1) is 13.8 Å². The van der Waals surface area contributed by atoms with Gasteiger partial charge in [0.1, 0.15) is 6.10 Å². The number of benzene rings is 1. The summed E-state index contributed by atoms with van der Waals surface area (Å²) in [6.07, 6.45) is 1.16. The Kier molecular flexibility index (Phi) is 4.25. The summed E-state index contributed by atoms with van der Waals surface area (Å²) < 4.78 is 1.84. The average molecular weight is 272 g/mol. The second-order valence-corrected chi connectivity index (χ2v) is 5.15. The molecule has 0 bridgehead atoms. The smallest absolute Gasteiger partial charge is 0.251 e. The van der Waals surface area contributed by atoms with Gasteiger partial charge in [-0.15, -0.1) is 0 Å². The van der Waals surface area contributed by atoms with E-state index in [1.54, 1.807) is 0 Å². The maximum Gasteiger partial charge on any atom is 0.251 e. The van der Waals surface area contributed by atoms with Crippen molar-refractivity contribution in [3.05, 3.63) is 58.9 Å². The molecule has 1 heterocycles. The summed E-state index contributed by atoms with van der Waals surface area (Å²) in [6.45, 7) is 4.12. The number of rotatable bonds is 4. The molecular formula is C16H20N2O2. The molecule has 1 aromatic heterocycles. The zero-order chi connectivity index (χ0) is 14.7. The number of carbonyl (C=O) groups excluding carboxylic acids is 1. The van der Waals surface area contributed by atoms with Gasteiger partial charge in [0.15, 0.2) is 0 Å². The molecule has 4 nitrogen and oxygen atoms in total. The van der Waals surface area contributed by atoms with Gasteiger partial charge in [-0.2, -0.15) is 0 Å². The van der Waals surface area contributed by atoms with Gasteiger partial charge in [-0.25, -0.2) is 0 Å². The summed E-state index contributed by atoms with van der Waals surface area (Å²) in [6, 6.07) is 9.42. The minimum absolute atomic E-state index is 0.162. The lowest BCUT2D eigenvalue weighted by atomic mass is 10.1. The monoisotopic (exact) mass is 272 g/mol. The van der Waals surface area contributed by atoms with E-state index in [1.807, 2.05) is 62.0 Å².